The lowest BCUT2D eigenvalue weighted by Gasteiger charge is -2.10. The summed E-state index contributed by atoms with van der Waals surface area (Å²) in [6.07, 6.45) is 2.43. The van der Waals surface area contributed by atoms with Crippen LogP contribution in [0.15, 0.2) is 0 Å². The standard InChI is InChI=1S/C10H21NO4P/c1-3-9-10(7-8(2)14-9)15-16(12)13-6-4-5-11/h8-10H,3-7,11H2,1-2H3/q+1. The van der Waals surface area contributed by atoms with E-state index in [1.165, 1.54) is 0 Å². The fourth-order valence-corrected chi connectivity index (χ4v) is 2.54. The van der Waals surface area contributed by atoms with Crippen molar-refractivity contribution in [1.29, 1.82) is 0 Å². The van der Waals surface area contributed by atoms with Gasteiger partial charge in [-0.2, -0.15) is 0 Å². The highest BCUT2D eigenvalue weighted by Gasteiger charge is 2.39. The van der Waals surface area contributed by atoms with Crippen molar-refractivity contribution in [2.75, 3.05) is 13.2 Å². The van der Waals surface area contributed by atoms with Crippen LogP contribution >= 0.6 is 8.25 Å². The number of nitrogens with two attached hydrogens (primary N) is 1. The molecule has 16 heavy (non-hydrogen) atoms. The van der Waals surface area contributed by atoms with Crippen LogP contribution in [0.4, 0.5) is 0 Å². The van der Waals surface area contributed by atoms with Crippen molar-refractivity contribution in [3.63, 3.8) is 0 Å². The van der Waals surface area contributed by atoms with E-state index < -0.39 is 8.25 Å². The van der Waals surface area contributed by atoms with Gasteiger partial charge in [-0.1, -0.05) is 6.92 Å². The zero-order valence-corrected chi connectivity index (χ0v) is 10.8. The van der Waals surface area contributed by atoms with Gasteiger partial charge in [0.25, 0.3) is 0 Å². The van der Waals surface area contributed by atoms with Gasteiger partial charge in [0.05, 0.1) is 12.2 Å². The van der Waals surface area contributed by atoms with Crippen LogP contribution in [-0.2, 0) is 18.3 Å². The number of rotatable bonds is 7. The quantitative estimate of drug-likeness (QED) is 0.552. The maximum absolute atomic E-state index is 11.4. The predicted molar refractivity (Wildman–Crippen MR) is 61.3 cm³/mol. The first kappa shape index (κ1) is 14.0. The average molecular weight is 250 g/mol. The smallest absolute Gasteiger partial charge is 0.372 e. The minimum atomic E-state index is -2.04. The molecule has 1 aliphatic heterocycles. The Bertz CT molecular complexity index is 227. The summed E-state index contributed by atoms with van der Waals surface area (Å²) >= 11 is 0. The Kier molecular flexibility index (Phi) is 6.39. The van der Waals surface area contributed by atoms with Crippen LogP contribution in [0.5, 0.6) is 0 Å². The van der Waals surface area contributed by atoms with Crippen molar-refractivity contribution in [1.82, 2.24) is 0 Å². The highest BCUT2D eigenvalue weighted by atomic mass is 31.1. The molecule has 0 aromatic heterocycles. The van der Waals surface area contributed by atoms with Gasteiger partial charge in [0.15, 0.2) is 0 Å². The van der Waals surface area contributed by atoms with E-state index in [2.05, 4.69) is 0 Å². The van der Waals surface area contributed by atoms with Crippen LogP contribution in [0, 0.1) is 0 Å². The van der Waals surface area contributed by atoms with Crippen LogP contribution in [-0.4, -0.2) is 31.5 Å². The summed E-state index contributed by atoms with van der Waals surface area (Å²) in [5.41, 5.74) is 5.30. The Hall–Kier alpha value is -0.0600. The van der Waals surface area contributed by atoms with Crippen molar-refractivity contribution in [2.45, 2.75) is 51.4 Å². The van der Waals surface area contributed by atoms with Gasteiger partial charge in [0.2, 0.25) is 0 Å². The molecule has 2 N–H and O–H groups in total. The fraction of sp³-hybridized carbons (Fsp3) is 1.00. The van der Waals surface area contributed by atoms with E-state index in [9.17, 15) is 4.57 Å². The van der Waals surface area contributed by atoms with Gasteiger partial charge < -0.3 is 10.5 Å². The first-order chi connectivity index (χ1) is 7.67. The Labute approximate surface area is 97.6 Å². The lowest BCUT2D eigenvalue weighted by molar-refractivity contribution is 0.0193. The molecule has 0 saturated carbocycles. The van der Waals surface area contributed by atoms with Gasteiger partial charge in [-0.15, -0.1) is 9.05 Å². The van der Waals surface area contributed by atoms with E-state index in [-0.39, 0.29) is 18.3 Å². The van der Waals surface area contributed by atoms with Gasteiger partial charge in [0, 0.05) is 11.0 Å². The van der Waals surface area contributed by atoms with Crippen molar-refractivity contribution in [3.8, 4) is 0 Å². The topological polar surface area (TPSA) is 70.8 Å². The molecule has 1 heterocycles. The van der Waals surface area contributed by atoms with Gasteiger partial charge in [-0.05, 0) is 26.3 Å². The predicted octanol–water partition coefficient (Wildman–Crippen LogP) is 1.98. The SMILES string of the molecule is CCC1OC(C)CC1O[P+](=O)OCCCN. The summed E-state index contributed by atoms with van der Waals surface area (Å²) in [5.74, 6) is 0. The average Bonchev–Trinajstić information content (AvgIpc) is 2.59. The molecule has 0 bridgehead atoms. The monoisotopic (exact) mass is 250 g/mol. The van der Waals surface area contributed by atoms with Crippen molar-refractivity contribution < 1.29 is 18.3 Å². The molecular formula is C10H21NO4P+. The normalized spacial score (nSPS) is 30.7. The highest BCUT2D eigenvalue weighted by Crippen LogP contribution is 2.34. The zero-order chi connectivity index (χ0) is 12.0. The van der Waals surface area contributed by atoms with Gasteiger partial charge in [-0.3, -0.25) is 0 Å². The van der Waals surface area contributed by atoms with Gasteiger partial charge >= 0.3 is 8.25 Å². The van der Waals surface area contributed by atoms with E-state index in [1.807, 2.05) is 13.8 Å². The van der Waals surface area contributed by atoms with E-state index in [0.29, 0.717) is 19.6 Å². The molecule has 1 saturated heterocycles. The largest absolute Gasteiger partial charge is 0.697 e. The van der Waals surface area contributed by atoms with E-state index in [0.717, 1.165) is 12.8 Å². The van der Waals surface area contributed by atoms with Crippen LogP contribution < -0.4 is 5.73 Å². The lowest BCUT2D eigenvalue weighted by atomic mass is 10.1. The third kappa shape index (κ3) is 4.44. The minimum Gasteiger partial charge on any atom is -0.372 e. The third-order valence-corrected chi connectivity index (χ3v) is 3.39. The summed E-state index contributed by atoms with van der Waals surface area (Å²) < 4.78 is 27.4. The molecule has 6 heteroatoms. The molecule has 94 valence electrons. The fourth-order valence-electron chi connectivity index (χ4n) is 1.75. The van der Waals surface area contributed by atoms with Crippen LogP contribution in [0.1, 0.15) is 33.1 Å². The van der Waals surface area contributed by atoms with Crippen LogP contribution in [0.3, 0.4) is 0 Å². The van der Waals surface area contributed by atoms with Crippen LogP contribution in [0.25, 0.3) is 0 Å². The first-order valence-corrected chi connectivity index (χ1v) is 6.89. The van der Waals surface area contributed by atoms with Crippen molar-refractivity contribution in [3.05, 3.63) is 0 Å². The Morgan fingerprint density at radius 3 is 2.94 bits per heavy atom. The molecule has 1 rings (SSSR count). The maximum atomic E-state index is 11.4. The summed E-state index contributed by atoms with van der Waals surface area (Å²) in [6.45, 7) is 4.94. The molecule has 4 atom stereocenters. The molecule has 1 aliphatic rings. The number of hydrogen-bond donors (Lipinski definition) is 1. The summed E-state index contributed by atoms with van der Waals surface area (Å²) in [6, 6.07) is 0. The molecule has 0 aliphatic carbocycles. The molecule has 0 amide bonds. The summed E-state index contributed by atoms with van der Waals surface area (Å²) in [5, 5.41) is 0. The Morgan fingerprint density at radius 2 is 2.31 bits per heavy atom. The number of hydrogen-bond acceptors (Lipinski definition) is 5. The molecule has 0 aromatic rings. The van der Waals surface area contributed by atoms with E-state index >= 15 is 0 Å². The molecule has 5 nitrogen and oxygen atoms in total. The van der Waals surface area contributed by atoms with Crippen molar-refractivity contribution in [2.24, 2.45) is 5.73 Å². The van der Waals surface area contributed by atoms with E-state index in [1.54, 1.807) is 0 Å². The summed E-state index contributed by atoms with van der Waals surface area (Å²) in [4.78, 5) is 0. The Balaban J connectivity index is 2.27. The molecule has 4 unspecified atom stereocenters. The molecule has 1 fully saturated rings. The van der Waals surface area contributed by atoms with Crippen molar-refractivity contribution >= 4 is 8.25 Å². The molecule has 0 radical (unpaired) electrons. The second-order valence-electron chi connectivity index (χ2n) is 3.97. The van der Waals surface area contributed by atoms with Crippen LogP contribution in [0.2, 0.25) is 0 Å². The van der Waals surface area contributed by atoms with Gasteiger partial charge in [0.1, 0.15) is 12.7 Å². The minimum absolute atomic E-state index is 0.0343. The van der Waals surface area contributed by atoms with E-state index in [4.69, 9.17) is 19.5 Å². The third-order valence-electron chi connectivity index (χ3n) is 2.55. The first-order valence-electron chi connectivity index (χ1n) is 5.79. The molecular weight excluding hydrogens is 229 g/mol. The second kappa shape index (κ2) is 7.30. The maximum Gasteiger partial charge on any atom is 0.697 e. The molecule has 0 aromatic carbocycles. The number of ether oxygens (including phenoxy) is 1. The lowest BCUT2D eigenvalue weighted by Crippen LogP contribution is -2.21. The second-order valence-corrected chi connectivity index (χ2v) is 4.89. The molecule has 0 spiro atoms. The Morgan fingerprint density at radius 1 is 1.56 bits per heavy atom. The zero-order valence-electron chi connectivity index (χ0n) is 9.93. The summed E-state index contributed by atoms with van der Waals surface area (Å²) in [7, 11) is -2.04. The van der Waals surface area contributed by atoms with Gasteiger partial charge in [-0.25, -0.2) is 0 Å². The highest BCUT2D eigenvalue weighted by molar-refractivity contribution is 7.33.